The first kappa shape index (κ1) is 24.0. The smallest absolute Gasteiger partial charge is 0.201 e. The first-order valence-electron chi connectivity index (χ1n) is 11.1. The molecule has 0 saturated carbocycles. The molecule has 0 saturated heterocycles. The molecule has 0 aliphatic heterocycles. The van der Waals surface area contributed by atoms with Gasteiger partial charge in [0.25, 0.3) is 0 Å². The zero-order chi connectivity index (χ0) is 23.3. The zero-order valence-electron chi connectivity index (χ0n) is 18.8. The molecular weight excluding hydrogens is 408 g/mol. The molecule has 3 rings (SSSR count). The topological polar surface area (TPSA) is 9.23 Å². The monoisotopic (exact) mass is 436 g/mol. The van der Waals surface area contributed by atoms with E-state index >= 15 is 0 Å². The fraction of sp³-hybridized carbons (Fsp3) is 0.333. The van der Waals surface area contributed by atoms with Gasteiger partial charge in [0, 0.05) is 17.6 Å². The second-order valence-corrected chi connectivity index (χ2v) is 8.36. The van der Waals surface area contributed by atoms with Gasteiger partial charge in [0.15, 0.2) is 11.6 Å². The Kier molecular flexibility index (Phi) is 8.06. The van der Waals surface area contributed by atoms with E-state index in [0.717, 1.165) is 24.8 Å². The molecule has 1 nitrogen and oxygen atoms in total. The average Bonchev–Trinajstić information content (AvgIpc) is 2.80. The summed E-state index contributed by atoms with van der Waals surface area (Å²) in [5.41, 5.74) is 2.73. The quantitative estimate of drug-likeness (QED) is 0.310. The van der Waals surface area contributed by atoms with Crippen LogP contribution in [-0.2, 0) is 0 Å². The van der Waals surface area contributed by atoms with Crippen LogP contribution in [0.4, 0.5) is 13.2 Å². The largest absolute Gasteiger partial charge is 0.500 e. The van der Waals surface area contributed by atoms with Crippen molar-refractivity contribution in [1.82, 2.24) is 0 Å². The molecule has 32 heavy (non-hydrogen) atoms. The third-order valence-corrected chi connectivity index (χ3v) is 6.14. The summed E-state index contributed by atoms with van der Waals surface area (Å²) < 4.78 is 48.4. The van der Waals surface area contributed by atoms with Gasteiger partial charge in [0.2, 0.25) is 5.82 Å². The van der Waals surface area contributed by atoms with Crippen LogP contribution in [0.15, 0.2) is 54.6 Å². The maximum atomic E-state index is 14.9. The van der Waals surface area contributed by atoms with Crippen molar-refractivity contribution in [2.24, 2.45) is 5.92 Å². The molecule has 0 aliphatic carbocycles. The van der Waals surface area contributed by atoms with Gasteiger partial charge in [-0.3, -0.25) is 0 Å². The van der Waals surface area contributed by atoms with Crippen molar-refractivity contribution in [3.63, 3.8) is 0 Å². The first-order chi connectivity index (χ1) is 15.3. The highest BCUT2D eigenvalue weighted by Gasteiger charge is 2.16. The second kappa shape index (κ2) is 10.8. The molecule has 5 heteroatoms. The van der Waals surface area contributed by atoms with E-state index in [1.165, 1.54) is 12.1 Å². The Balaban J connectivity index is 1.80. The van der Waals surface area contributed by atoms with E-state index in [4.69, 9.17) is 12.6 Å². The van der Waals surface area contributed by atoms with Gasteiger partial charge in [0.1, 0.15) is 13.7 Å². The summed E-state index contributed by atoms with van der Waals surface area (Å²) >= 11 is 0. The van der Waals surface area contributed by atoms with Gasteiger partial charge in [-0.1, -0.05) is 70.0 Å². The summed E-state index contributed by atoms with van der Waals surface area (Å²) in [4.78, 5) is 0. The van der Waals surface area contributed by atoms with E-state index in [1.807, 2.05) is 6.07 Å². The molecule has 2 unspecified atom stereocenters. The normalized spacial score (nSPS) is 13.1. The SMILES string of the molecule is [B]COc1ccc(-c2ccc(-c3ccc(C(C)CCC(C)CC)cc3F)cc2)c(F)c1F. The van der Waals surface area contributed by atoms with Crippen molar-refractivity contribution < 1.29 is 17.9 Å². The summed E-state index contributed by atoms with van der Waals surface area (Å²) in [6, 6.07) is 14.9. The lowest BCUT2D eigenvalue weighted by Gasteiger charge is -2.16. The summed E-state index contributed by atoms with van der Waals surface area (Å²) in [6.07, 6.45) is 3.30. The third-order valence-electron chi connectivity index (χ3n) is 6.14. The third kappa shape index (κ3) is 5.38. The standard InChI is InChI=1S/C27H28BF3O/c1-4-17(2)5-6-18(3)21-11-12-22(24(29)15-21)19-7-9-20(10-8-19)23-13-14-25(32-16-28)27(31)26(23)30/h7-15,17-18H,4-6,16H2,1-3H3. The van der Waals surface area contributed by atoms with Crippen LogP contribution in [0.1, 0.15) is 51.5 Å². The van der Waals surface area contributed by atoms with E-state index in [1.54, 1.807) is 36.4 Å². The Morgan fingerprint density at radius 1 is 0.812 bits per heavy atom. The zero-order valence-corrected chi connectivity index (χ0v) is 18.8. The predicted molar refractivity (Wildman–Crippen MR) is 126 cm³/mol. The molecule has 166 valence electrons. The van der Waals surface area contributed by atoms with Crippen LogP contribution in [0.5, 0.6) is 5.75 Å². The van der Waals surface area contributed by atoms with Crippen molar-refractivity contribution in [1.29, 1.82) is 0 Å². The van der Waals surface area contributed by atoms with Crippen LogP contribution in [0, 0.1) is 23.4 Å². The van der Waals surface area contributed by atoms with Gasteiger partial charge in [-0.05, 0) is 53.1 Å². The van der Waals surface area contributed by atoms with Crippen LogP contribution in [0.3, 0.4) is 0 Å². The summed E-state index contributed by atoms with van der Waals surface area (Å²) in [5, 5.41) is 0. The number of benzene rings is 3. The lowest BCUT2D eigenvalue weighted by atomic mass is 9.90. The van der Waals surface area contributed by atoms with Crippen molar-refractivity contribution in [3.8, 4) is 28.0 Å². The highest BCUT2D eigenvalue weighted by Crippen LogP contribution is 2.33. The maximum Gasteiger partial charge on any atom is 0.201 e. The fourth-order valence-electron chi connectivity index (χ4n) is 3.76. The highest BCUT2D eigenvalue weighted by atomic mass is 19.2. The van der Waals surface area contributed by atoms with E-state index < -0.39 is 11.6 Å². The number of halogens is 3. The lowest BCUT2D eigenvalue weighted by Crippen LogP contribution is -2.01. The predicted octanol–water partition coefficient (Wildman–Crippen LogP) is 7.87. The van der Waals surface area contributed by atoms with Gasteiger partial charge in [-0.2, -0.15) is 4.39 Å². The lowest BCUT2D eigenvalue weighted by molar-refractivity contribution is 0.352. The molecule has 2 atom stereocenters. The number of hydrogen-bond acceptors (Lipinski definition) is 1. The fourth-order valence-corrected chi connectivity index (χ4v) is 3.76. The van der Waals surface area contributed by atoms with Crippen molar-refractivity contribution in [3.05, 3.63) is 77.6 Å². The van der Waals surface area contributed by atoms with Gasteiger partial charge >= 0.3 is 0 Å². The number of hydrogen-bond donors (Lipinski definition) is 0. The minimum Gasteiger partial charge on any atom is -0.500 e. The molecule has 0 bridgehead atoms. The second-order valence-electron chi connectivity index (χ2n) is 8.36. The molecule has 0 aromatic heterocycles. The molecule has 3 aromatic rings. The molecule has 2 radical (unpaired) electrons. The van der Waals surface area contributed by atoms with Gasteiger partial charge in [0.05, 0.1) is 0 Å². The minimum absolute atomic E-state index is 0.101. The number of rotatable bonds is 9. The molecule has 0 amide bonds. The van der Waals surface area contributed by atoms with Crippen molar-refractivity contribution in [2.75, 3.05) is 6.51 Å². The Labute approximate surface area is 190 Å². The van der Waals surface area contributed by atoms with E-state index in [-0.39, 0.29) is 23.6 Å². The first-order valence-corrected chi connectivity index (χ1v) is 11.1. The summed E-state index contributed by atoms with van der Waals surface area (Å²) in [7, 11) is 5.23. The Morgan fingerprint density at radius 2 is 1.44 bits per heavy atom. The van der Waals surface area contributed by atoms with Crippen molar-refractivity contribution >= 4 is 7.85 Å². The van der Waals surface area contributed by atoms with Gasteiger partial charge in [-0.15, -0.1) is 0 Å². The van der Waals surface area contributed by atoms with E-state index in [2.05, 4.69) is 20.8 Å². The molecule has 0 spiro atoms. The number of ether oxygens (including phenoxy) is 1. The molecule has 0 heterocycles. The average molecular weight is 436 g/mol. The molecule has 3 aromatic carbocycles. The highest BCUT2D eigenvalue weighted by molar-refractivity contribution is 6.08. The Bertz CT molecular complexity index is 1050. The molecule has 0 aliphatic rings. The van der Waals surface area contributed by atoms with E-state index in [9.17, 15) is 13.2 Å². The van der Waals surface area contributed by atoms with Gasteiger partial charge < -0.3 is 4.74 Å². The Hall–Kier alpha value is -2.69. The van der Waals surface area contributed by atoms with Crippen LogP contribution < -0.4 is 4.74 Å². The van der Waals surface area contributed by atoms with Gasteiger partial charge in [-0.25, -0.2) is 8.78 Å². The molecule has 0 fully saturated rings. The van der Waals surface area contributed by atoms with Crippen molar-refractivity contribution in [2.45, 2.75) is 46.0 Å². The van der Waals surface area contributed by atoms with Crippen LogP contribution in [0.2, 0.25) is 0 Å². The Morgan fingerprint density at radius 3 is 2.03 bits per heavy atom. The minimum atomic E-state index is -1.08. The molecule has 0 N–H and O–H groups in total. The molecular formula is C27H28BF3O. The summed E-state index contributed by atoms with van der Waals surface area (Å²) in [6.45, 7) is 6.31. The summed E-state index contributed by atoms with van der Waals surface area (Å²) in [5.74, 6) is -1.65. The van der Waals surface area contributed by atoms with Crippen LogP contribution >= 0.6 is 0 Å². The van der Waals surface area contributed by atoms with Crippen LogP contribution in [-0.4, -0.2) is 14.4 Å². The van der Waals surface area contributed by atoms with Crippen LogP contribution in [0.25, 0.3) is 22.3 Å². The maximum absolute atomic E-state index is 14.9. The van der Waals surface area contributed by atoms with E-state index in [0.29, 0.717) is 28.5 Å².